The molecular weight excluding hydrogens is 344 g/mol. The van der Waals surface area contributed by atoms with Crippen molar-refractivity contribution in [1.82, 2.24) is 0 Å². The van der Waals surface area contributed by atoms with Gasteiger partial charge in [0.2, 0.25) is 11.8 Å². The van der Waals surface area contributed by atoms with Crippen molar-refractivity contribution in [2.45, 2.75) is 37.5 Å². The minimum absolute atomic E-state index is 0.0419. The molecule has 1 aliphatic rings. The third-order valence-corrected chi connectivity index (χ3v) is 5.27. The Morgan fingerprint density at radius 3 is 2.42 bits per heavy atom. The average Bonchev–Trinajstić information content (AvgIpc) is 3.46. The van der Waals surface area contributed by atoms with Gasteiger partial charge in [0.05, 0.1) is 5.75 Å². The summed E-state index contributed by atoms with van der Waals surface area (Å²) in [5.74, 6) is 1.03. The highest BCUT2D eigenvalue weighted by molar-refractivity contribution is 8.00. The lowest BCUT2D eigenvalue weighted by Gasteiger charge is -2.09. The number of hydrogen-bond donors (Lipinski definition) is 2. The Labute approximate surface area is 158 Å². The molecule has 0 aromatic heterocycles. The normalized spacial score (nSPS) is 13.5. The first-order valence-corrected chi connectivity index (χ1v) is 9.93. The van der Waals surface area contributed by atoms with Crippen LogP contribution in [0.5, 0.6) is 0 Å². The second kappa shape index (κ2) is 8.41. The van der Waals surface area contributed by atoms with Gasteiger partial charge >= 0.3 is 0 Å². The fourth-order valence-corrected chi connectivity index (χ4v) is 3.31. The molecule has 5 heteroatoms. The van der Waals surface area contributed by atoms with Crippen LogP contribution in [0.1, 0.15) is 38.2 Å². The number of hydrogen-bond acceptors (Lipinski definition) is 3. The smallest absolute Gasteiger partial charge is 0.234 e. The molecule has 136 valence electrons. The van der Waals surface area contributed by atoms with Crippen LogP contribution in [-0.4, -0.2) is 17.6 Å². The second-order valence-corrected chi connectivity index (χ2v) is 7.95. The summed E-state index contributed by atoms with van der Waals surface area (Å²) in [6, 6.07) is 15.6. The van der Waals surface area contributed by atoms with E-state index in [1.54, 1.807) is 0 Å². The lowest BCUT2D eigenvalue weighted by atomic mass is 10.0. The first kappa shape index (κ1) is 18.5. The Morgan fingerprint density at radius 2 is 1.77 bits per heavy atom. The largest absolute Gasteiger partial charge is 0.326 e. The van der Waals surface area contributed by atoms with Crippen LogP contribution >= 0.6 is 11.8 Å². The summed E-state index contributed by atoms with van der Waals surface area (Å²) in [5.41, 5.74) is 2.85. The van der Waals surface area contributed by atoms with E-state index in [0.29, 0.717) is 11.7 Å². The zero-order valence-electron chi connectivity index (χ0n) is 15.1. The van der Waals surface area contributed by atoms with Crippen LogP contribution in [0.25, 0.3) is 0 Å². The van der Waals surface area contributed by atoms with Gasteiger partial charge < -0.3 is 10.6 Å². The Balaban J connectivity index is 1.50. The highest BCUT2D eigenvalue weighted by atomic mass is 32.2. The zero-order chi connectivity index (χ0) is 18.5. The van der Waals surface area contributed by atoms with E-state index in [1.165, 1.54) is 17.3 Å². The van der Waals surface area contributed by atoms with Gasteiger partial charge in [-0.25, -0.2) is 0 Å². The van der Waals surface area contributed by atoms with E-state index in [1.807, 2.05) is 48.5 Å². The van der Waals surface area contributed by atoms with E-state index < -0.39 is 0 Å². The number of anilines is 2. The van der Waals surface area contributed by atoms with Crippen molar-refractivity contribution >= 4 is 35.0 Å². The van der Waals surface area contributed by atoms with Crippen LogP contribution in [0.3, 0.4) is 0 Å². The topological polar surface area (TPSA) is 58.2 Å². The number of carbonyl (C=O) groups is 2. The fourth-order valence-electron chi connectivity index (χ4n) is 2.55. The molecule has 0 bridgehead atoms. The molecule has 4 nitrogen and oxygen atoms in total. The molecule has 0 unspecified atom stereocenters. The maximum absolute atomic E-state index is 12.2. The highest BCUT2D eigenvalue weighted by Crippen LogP contribution is 2.30. The average molecular weight is 369 g/mol. The molecule has 0 spiro atoms. The molecule has 0 saturated heterocycles. The van der Waals surface area contributed by atoms with Gasteiger partial charge in [-0.05, 0) is 54.7 Å². The number of rotatable bonds is 7. The van der Waals surface area contributed by atoms with Crippen molar-refractivity contribution in [2.75, 3.05) is 16.4 Å². The van der Waals surface area contributed by atoms with Gasteiger partial charge in [0, 0.05) is 22.2 Å². The maximum Gasteiger partial charge on any atom is 0.234 e. The quantitative estimate of drug-likeness (QED) is 0.684. The molecule has 3 rings (SSSR count). The number of carbonyl (C=O) groups excluding carboxylic acids is 2. The summed E-state index contributed by atoms with van der Waals surface area (Å²) in [7, 11) is 0. The van der Waals surface area contributed by atoms with Crippen molar-refractivity contribution < 1.29 is 9.59 Å². The Bertz CT molecular complexity index is 783. The molecule has 1 saturated carbocycles. The van der Waals surface area contributed by atoms with E-state index >= 15 is 0 Å². The molecule has 1 aliphatic carbocycles. The molecule has 26 heavy (non-hydrogen) atoms. The lowest BCUT2D eigenvalue weighted by molar-refractivity contribution is -0.117. The van der Waals surface area contributed by atoms with Crippen LogP contribution in [0, 0.1) is 5.92 Å². The monoisotopic (exact) mass is 368 g/mol. The zero-order valence-corrected chi connectivity index (χ0v) is 15.9. The lowest BCUT2D eigenvalue weighted by Crippen LogP contribution is -2.14. The van der Waals surface area contributed by atoms with Crippen LogP contribution in [-0.2, 0) is 9.59 Å². The number of benzene rings is 2. The molecule has 0 atom stereocenters. The number of thioether (sulfide) groups is 1. The summed E-state index contributed by atoms with van der Waals surface area (Å²) in [4.78, 5) is 25.0. The van der Waals surface area contributed by atoms with E-state index in [-0.39, 0.29) is 17.7 Å². The van der Waals surface area contributed by atoms with Crippen molar-refractivity contribution in [3.8, 4) is 0 Å². The van der Waals surface area contributed by atoms with Gasteiger partial charge in [-0.1, -0.05) is 32.0 Å². The minimum Gasteiger partial charge on any atom is -0.326 e. The highest BCUT2D eigenvalue weighted by Gasteiger charge is 2.29. The van der Waals surface area contributed by atoms with Crippen LogP contribution in [0.15, 0.2) is 53.4 Å². The van der Waals surface area contributed by atoms with Crippen molar-refractivity contribution in [3.63, 3.8) is 0 Å². The molecule has 2 amide bonds. The van der Waals surface area contributed by atoms with Gasteiger partial charge in [0.25, 0.3) is 0 Å². The van der Waals surface area contributed by atoms with Crippen molar-refractivity contribution in [2.24, 2.45) is 5.92 Å². The second-order valence-electron chi connectivity index (χ2n) is 6.90. The summed E-state index contributed by atoms with van der Waals surface area (Å²) < 4.78 is 0. The molecule has 0 aliphatic heterocycles. The van der Waals surface area contributed by atoms with Crippen molar-refractivity contribution in [1.29, 1.82) is 0 Å². The third kappa shape index (κ3) is 5.36. The summed E-state index contributed by atoms with van der Waals surface area (Å²) in [5, 5.41) is 5.85. The first-order chi connectivity index (χ1) is 12.5. The molecule has 2 aromatic carbocycles. The van der Waals surface area contributed by atoms with Crippen LogP contribution in [0.2, 0.25) is 0 Å². The molecule has 2 N–H and O–H groups in total. The Hall–Kier alpha value is -2.27. The van der Waals surface area contributed by atoms with Gasteiger partial charge in [0.1, 0.15) is 0 Å². The summed E-state index contributed by atoms with van der Waals surface area (Å²) in [6.07, 6.45) is 1.97. The van der Waals surface area contributed by atoms with Gasteiger partial charge in [-0.2, -0.15) is 0 Å². The Morgan fingerprint density at radius 1 is 1.04 bits per heavy atom. The van der Waals surface area contributed by atoms with Crippen LogP contribution < -0.4 is 10.6 Å². The predicted octanol–water partition coefficient (Wildman–Crippen LogP) is 4.89. The van der Waals surface area contributed by atoms with Crippen LogP contribution in [0.4, 0.5) is 11.4 Å². The number of nitrogens with one attached hydrogen (secondary N) is 2. The SMILES string of the molecule is CC(C)c1ccc(NC(=O)CSc2cccc(NC(=O)C3CC3)c2)cc1. The molecule has 0 radical (unpaired) electrons. The van der Waals surface area contributed by atoms with Gasteiger partial charge in [0.15, 0.2) is 0 Å². The predicted molar refractivity (Wildman–Crippen MR) is 108 cm³/mol. The summed E-state index contributed by atoms with van der Waals surface area (Å²) >= 11 is 1.46. The van der Waals surface area contributed by atoms with E-state index in [0.717, 1.165) is 29.1 Å². The summed E-state index contributed by atoms with van der Waals surface area (Å²) in [6.45, 7) is 4.29. The molecule has 2 aromatic rings. The van der Waals surface area contributed by atoms with Gasteiger partial charge in [-0.3, -0.25) is 9.59 Å². The molecular formula is C21H24N2O2S. The Kier molecular flexibility index (Phi) is 5.99. The molecule has 1 fully saturated rings. The molecule has 0 heterocycles. The van der Waals surface area contributed by atoms with Gasteiger partial charge in [-0.15, -0.1) is 11.8 Å². The van der Waals surface area contributed by atoms with E-state index in [2.05, 4.69) is 24.5 Å². The minimum atomic E-state index is -0.0419. The third-order valence-electron chi connectivity index (χ3n) is 4.28. The van der Waals surface area contributed by atoms with E-state index in [4.69, 9.17) is 0 Å². The van der Waals surface area contributed by atoms with Crippen molar-refractivity contribution in [3.05, 3.63) is 54.1 Å². The standard InChI is InChI=1S/C21H24N2O2S/c1-14(2)15-8-10-17(11-9-15)22-20(24)13-26-19-5-3-4-18(12-19)23-21(25)16-6-7-16/h3-5,8-12,14,16H,6-7,13H2,1-2H3,(H,22,24)(H,23,25). The first-order valence-electron chi connectivity index (χ1n) is 8.95. The van der Waals surface area contributed by atoms with E-state index in [9.17, 15) is 9.59 Å². The maximum atomic E-state index is 12.2. The fraction of sp³-hybridized carbons (Fsp3) is 0.333. The number of amides is 2.